The van der Waals surface area contributed by atoms with Crippen molar-refractivity contribution in [1.82, 2.24) is 4.90 Å². The summed E-state index contributed by atoms with van der Waals surface area (Å²) in [5.41, 5.74) is 0.871. The third-order valence-corrected chi connectivity index (χ3v) is 3.69. The van der Waals surface area contributed by atoms with Gasteiger partial charge >= 0.3 is 0 Å². The van der Waals surface area contributed by atoms with Gasteiger partial charge in [-0.1, -0.05) is 12.1 Å². The fourth-order valence-corrected chi connectivity index (χ4v) is 2.88. The van der Waals surface area contributed by atoms with E-state index in [0.717, 1.165) is 26.1 Å². The molecule has 0 radical (unpaired) electrons. The third-order valence-electron chi connectivity index (χ3n) is 2.74. The molecule has 1 aromatic rings. The second kappa shape index (κ2) is 4.70. The highest BCUT2D eigenvalue weighted by Crippen LogP contribution is 2.26. The quantitative estimate of drug-likeness (QED) is 0.873. The molecule has 1 N–H and O–H groups in total. The Morgan fingerprint density at radius 1 is 1.50 bits per heavy atom. The molecule has 1 aliphatic heterocycles. The summed E-state index contributed by atoms with van der Waals surface area (Å²) in [7, 11) is 0. The van der Waals surface area contributed by atoms with Gasteiger partial charge in [0.1, 0.15) is 0 Å². The number of hydrogen-bond acceptors (Lipinski definition) is 3. The number of thiophene rings is 1. The van der Waals surface area contributed by atoms with Crippen LogP contribution < -0.4 is 0 Å². The minimum absolute atomic E-state index is 0.589. The summed E-state index contributed by atoms with van der Waals surface area (Å²) in [4.78, 5) is 3.69. The zero-order valence-corrected chi connectivity index (χ0v) is 10.8. The summed E-state index contributed by atoms with van der Waals surface area (Å²) in [6.45, 7) is 6.49. The molecule has 2 nitrogen and oxygen atoms in total. The molecular weight excluding hydrogens is 218 g/mol. The minimum atomic E-state index is -0.589. The van der Waals surface area contributed by atoms with Crippen molar-refractivity contribution in [1.29, 1.82) is 0 Å². The SMILES string of the molecule is CC(C)(O)CN1CC=C(c2cccs2)CC1. The van der Waals surface area contributed by atoms with Crippen LogP contribution in [0.25, 0.3) is 5.57 Å². The Labute approximate surface area is 101 Å². The van der Waals surface area contributed by atoms with E-state index in [4.69, 9.17) is 0 Å². The van der Waals surface area contributed by atoms with Crippen LogP contribution in [0.2, 0.25) is 0 Å². The highest BCUT2D eigenvalue weighted by molar-refractivity contribution is 7.11. The van der Waals surface area contributed by atoms with Gasteiger partial charge in [-0.25, -0.2) is 0 Å². The lowest BCUT2D eigenvalue weighted by atomic mass is 10.0. The van der Waals surface area contributed by atoms with E-state index in [9.17, 15) is 5.11 Å². The summed E-state index contributed by atoms with van der Waals surface area (Å²) in [6.07, 6.45) is 3.39. The number of aliphatic hydroxyl groups is 1. The Balaban J connectivity index is 1.95. The van der Waals surface area contributed by atoms with Crippen molar-refractivity contribution in [3.8, 4) is 0 Å². The van der Waals surface area contributed by atoms with Gasteiger partial charge in [0, 0.05) is 24.5 Å². The first-order valence-electron chi connectivity index (χ1n) is 5.72. The van der Waals surface area contributed by atoms with Crippen LogP contribution in [0.5, 0.6) is 0 Å². The molecule has 0 saturated carbocycles. The average Bonchev–Trinajstić information content (AvgIpc) is 2.69. The van der Waals surface area contributed by atoms with Crippen molar-refractivity contribution in [3.05, 3.63) is 28.5 Å². The van der Waals surface area contributed by atoms with Crippen LogP contribution >= 0.6 is 11.3 Å². The topological polar surface area (TPSA) is 23.5 Å². The van der Waals surface area contributed by atoms with Gasteiger partial charge in [0.15, 0.2) is 0 Å². The number of nitrogens with zero attached hydrogens (tertiary/aromatic N) is 1. The van der Waals surface area contributed by atoms with Crippen molar-refractivity contribution < 1.29 is 5.11 Å². The smallest absolute Gasteiger partial charge is 0.0718 e. The molecule has 2 rings (SSSR count). The Hall–Kier alpha value is -0.640. The maximum absolute atomic E-state index is 9.76. The van der Waals surface area contributed by atoms with Crippen LogP contribution in [0, 0.1) is 0 Å². The van der Waals surface area contributed by atoms with Crippen LogP contribution in [0.15, 0.2) is 23.6 Å². The minimum Gasteiger partial charge on any atom is -0.389 e. The van der Waals surface area contributed by atoms with Crippen LogP contribution in [0.1, 0.15) is 25.1 Å². The first-order valence-corrected chi connectivity index (χ1v) is 6.60. The standard InChI is InChI=1S/C13H19NOS/c1-13(2,15)10-14-7-5-11(6-8-14)12-4-3-9-16-12/h3-5,9,15H,6-8,10H2,1-2H3. The van der Waals surface area contributed by atoms with E-state index in [-0.39, 0.29) is 0 Å². The molecule has 0 aromatic carbocycles. The summed E-state index contributed by atoms with van der Waals surface area (Å²) in [5.74, 6) is 0. The fraction of sp³-hybridized carbons (Fsp3) is 0.538. The Morgan fingerprint density at radius 3 is 2.81 bits per heavy atom. The largest absolute Gasteiger partial charge is 0.389 e. The number of β-amino-alcohol motifs (C(OH)–C–C–N with tert-alkyl or cyclic N) is 1. The lowest BCUT2D eigenvalue weighted by molar-refractivity contribution is 0.0397. The molecule has 0 unspecified atom stereocenters. The number of rotatable bonds is 3. The van der Waals surface area contributed by atoms with Gasteiger partial charge in [-0.05, 0) is 37.3 Å². The van der Waals surface area contributed by atoms with E-state index in [1.165, 1.54) is 10.5 Å². The highest BCUT2D eigenvalue weighted by atomic mass is 32.1. The third kappa shape index (κ3) is 3.17. The van der Waals surface area contributed by atoms with E-state index in [1.54, 1.807) is 0 Å². The van der Waals surface area contributed by atoms with Crippen molar-refractivity contribution >= 4 is 16.9 Å². The zero-order valence-electron chi connectivity index (χ0n) is 9.94. The first kappa shape index (κ1) is 11.8. The van der Waals surface area contributed by atoms with Crippen molar-refractivity contribution in [2.24, 2.45) is 0 Å². The van der Waals surface area contributed by atoms with Gasteiger partial charge in [-0.15, -0.1) is 11.3 Å². The van der Waals surface area contributed by atoms with Gasteiger partial charge < -0.3 is 5.11 Å². The molecule has 16 heavy (non-hydrogen) atoms. The molecule has 2 heterocycles. The second-order valence-corrected chi connectivity index (χ2v) is 5.95. The van der Waals surface area contributed by atoms with Gasteiger partial charge in [0.2, 0.25) is 0 Å². The van der Waals surface area contributed by atoms with Crippen LogP contribution in [0.3, 0.4) is 0 Å². The summed E-state index contributed by atoms with van der Waals surface area (Å²) >= 11 is 1.81. The van der Waals surface area contributed by atoms with Gasteiger partial charge in [0.25, 0.3) is 0 Å². The average molecular weight is 237 g/mol. The monoisotopic (exact) mass is 237 g/mol. The zero-order chi connectivity index (χ0) is 11.6. The molecule has 0 amide bonds. The molecule has 0 bridgehead atoms. The van der Waals surface area contributed by atoms with Crippen LogP contribution in [-0.2, 0) is 0 Å². The van der Waals surface area contributed by atoms with E-state index >= 15 is 0 Å². The predicted molar refractivity (Wildman–Crippen MR) is 69.7 cm³/mol. The highest BCUT2D eigenvalue weighted by Gasteiger charge is 2.20. The maximum Gasteiger partial charge on any atom is 0.0718 e. The molecule has 0 atom stereocenters. The first-order chi connectivity index (χ1) is 7.54. The molecule has 0 fully saturated rings. The molecule has 3 heteroatoms. The van der Waals surface area contributed by atoms with Gasteiger partial charge in [0.05, 0.1) is 5.60 Å². The van der Waals surface area contributed by atoms with E-state index < -0.39 is 5.60 Å². The molecule has 88 valence electrons. The lowest BCUT2D eigenvalue weighted by Crippen LogP contribution is -2.40. The summed E-state index contributed by atoms with van der Waals surface area (Å²) in [6, 6.07) is 4.28. The van der Waals surface area contributed by atoms with Crippen molar-refractivity contribution in [2.45, 2.75) is 25.9 Å². The van der Waals surface area contributed by atoms with Crippen molar-refractivity contribution in [3.63, 3.8) is 0 Å². The Kier molecular flexibility index (Phi) is 3.47. The lowest BCUT2D eigenvalue weighted by Gasteiger charge is -2.31. The normalized spacial score (nSPS) is 18.6. The predicted octanol–water partition coefficient (Wildman–Crippen LogP) is 2.61. The van der Waals surface area contributed by atoms with Crippen molar-refractivity contribution in [2.75, 3.05) is 19.6 Å². The maximum atomic E-state index is 9.76. The molecule has 0 aliphatic carbocycles. The number of hydrogen-bond donors (Lipinski definition) is 1. The van der Waals surface area contributed by atoms with E-state index in [1.807, 2.05) is 25.2 Å². The molecule has 1 aromatic heterocycles. The molecule has 0 saturated heterocycles. The Bertz CT molecular complexity index is 362. The van der Waals surface area contributed by atoms with Gasteiger partial charge in [-0.3, -0.25) is 4.90 Å². The van der Waals surface area contributed by atoms with Gasteiger partial charge in [-0.2, -0.15) is 0 Å². The molecular formula is C13H19NOS. The van der Waals surface area contributed by atoms with E-state index in [0.29, 0.717) is 0 Å². The molecule has 0 spiro atoms. The fourth-order valence-electron chi connectivity index (χ4n) is 2.09. The second-order valence-electron chi connectivity index (χ2n) is 5.00. The molecule has 1 aliphatic rings. The summed E-state index contributed by atoms with van der Waals surface area (Å²) < 4.78 is 0. The van der Waals surface area contributed by atoms with Crippen LogP contribution in [-0.4, -0.2) is 35.2 Å². The van der Waals surface area contributed by atoms with E-state index in [2.05, 4.69) is 28.5 Å². The Morgan fingerprint density at radius 2 is 2.31 bits per heavy atom. The summed E-state index contributed by atoms with van der Waals surface area (Å²) in [5, 5.41) is 11.9. The van der Waals surface area contributed by atoms with Crippen LogP contribution in [0.4, 0.5) is 0 Å².